The van der Waals surface area contributed by atoms with Crippen LogP contribution in [0.1, 0.15) is 24.0 Å². The van der Waals surface area contributed by atoms with Crippen LogP contribution in [0.3, 0.4) is 0 Å². The number of likely N-dealkylation sites (tertiary alicyclic amines) is 1. The van der Waals surface area contributed by atoms with E-state index in [2.05, 4.69) is 4.74 Å². The highest BCUT2D eigenvalue weighted by atomic mass is 19.3. The van der Waals surface area contributed by atoms with E-state index >= 15 is 0 Å². The quantitative estimate of drug-likeness (QED) is 0.790. The van der Waals surface area contributed by atoms with Crippen LogP contribution in [0.15, 0.2) is 24.3 Å². The number of piperidine rings is 1. The van der Waals surface area contributed by atoms with Gasteiger partial charge in [-0.25, -0.2) is 13.6 Å². The summed E-state index contributed by atoms with van der Waals surface area (Å²) in [4.78, 5) is 24.2. The molecule has 0 spiro atoms. The van der Waals surface area contributed by atoms with E-state index < -0.39 is 30.4 Å². The highest BCUT2D eigenvalue weighted by Gasteiger charge is 2.47. The Bertz CT molecular complexity index is 589. The summed E-state index contributed by atoms with van der Waals surface area (Å²) in [6.45, 7) is 1.36. The molecule has 1 aromatic carbocycles. The number of hydrogen-bond donors (Lipinski definition) is 0. The van der Waals surface area contributed by atoms with Gasteiger partial charge in [-0.3, -0.25) is 4.79 Å². The van der Waals surface area contributed by atoms with Gasteiger partial charge in [0.25, 0.3) is 5.92 Å². The number of nitrogens with zero attached hydrogens (tertiary/aromatic N) is 1. The van der Waals surface area contributed by atoms with Crippen molar-refractivity contribution in [2.45, 2.75) is 32.3 Å². The van der Waals surface area contributed by atoms with Crippen LogP contribution in [0.5, 0.6) is 0 Å². The van der Waals surface area contributed by atoms with Crippen molar-refractivity contribution in [2.75, 3.05) is 20.2 Å². The predicted molar refractivity (Wildman–Crippen MR) is 82.6 cm³/mol. The Morgan fingerprint density at radius 3 is 2.54 bits per heavy atom. The molecule has 1 atom stereocenters. The summed E-state index contributed by atoms with van der Waals surface area (Å²) in [5, 5.41) is 0. The number of alkyl halides is 2. The van der Waals surface area contributed by atoms with E-state index in [1.807, 2.05) is 31.2 Å². The standard InChI is InChI=1S/C17H21F2NO4/c1-12-3-5-13(6-4-12)10-24-16(22)20-8-7-14(9-15(21)23-2)17(18,19)11-20/h3-6,14H,7-11H2,1-2H3. The lowest BCUT2D eigenvalue weighted by atomic mass is 9.90. The van der Waals surface area contributed by atoms with Gasteiger partial charge in [-0.15, -0.1) is 0 Å². The first-order valence-electron chi connectivity index (χ1n) is 7.73. The first-order chi connectivity index (χ1) is 11.3. The van der Waals surface area contributed by atoms with Crippen LogP contribution in [0, 0.1) is 12.8 Å². The zero-order chi connectivity index (χ0) is 17.7. The van der Waals surface area contributed by atoms with E-state index in [1.54, 1.807) is 0 Å². The molecule has 5 nitrogen and oxygen atoms in total. The number of rotatable bonds is 4. The van der Waals surface area contributed by atoms with Crippen molar-refractivity contribution in [3.8, 4) is 0 Å². The first kappa shape index (κ1) is 18.2. The lowest BCUT2D eigenvalue weighted by Crippen LogP contribution is -2.51. The molecule has 132 valence electrons. The monoisotopic (exact) mass is 341 g/mol. The SMILES string of the molecule is COC(=O)CC1CCN(C(=O)OCc2ccc(C)cc2)CC1(F)F. The fraction of sp³-hybridized carbons (Fsp3) is 0.529. The number of carbonyl (C=O) groups excluding carboxylic acids is 2. The van der Waals surface area contributed by atoms with Crippen molar-refractivity contribution in [3.63, 3.8) is 0 Å². The number of amides is 1. The molecule has 0 saturated carbocycles. The summed E-state index contributed by atoms with van der Waals surface area (Å²) >= 11 is 0. The van der Waals surface area contributed by atoms with Gasteiger partial charge < -0.3 is 14.4 Å². The van der Waals surface area contributed by atoms with Gasteiger partial charge in [0.1, 0.15) is 6.61 Å². The third-order valence-corrected chi connectivity index (χ3v) is 4.13. The van der Waals surface area contributed by atoms with Gasteiger partial charge in [0, 0.05) is 12.5 Å². The molecule has 1 amide bonds. The van der Waals surface area contributed by atoms with Crippen LogP contribution >= 0.6 is 0 Å². The normalized spacial score (nSPS) is 19.7. The van der Waals surface area contributed by atoms with Crippen molar-refractivity contribution < 1.29 is 27.8 Å². The lowest BCUT2D eigenvalue weighted by Gasteiger charge is -2.37. The average Bonchev–Trinajstić information content (AvgIpc) is 2.55. The average molecular weight is 341 g/mol. The molecule has 24 heavy (non-hydrogen) atoms. The third kappa shape index (κ3) is 4.66. The molecule has 1 aromatic rings. The Morgan fingerprint density at radius 2 is 1.96 bits per heavy atom. The van der Waals surface area contributed by atoms with E-state index in [-0.39, 0.29) is 26.0 Å². The zero-order valence-electron chi connectivity index (χ0n) is 13.8. The number of carbonyl (C=O) groups is 2. The Kier molecular flexibility index (Phi) is 5.75. The maximum Gasteiger partial charge on any atom is 0.410 e. The van der Waals surface area contributed by atoms with Crippen molar-refractivity contribution in [3.05, 3.63) is 35.4 Å². The minimum atomic E-state index is -3.14. The molecule has 1 aliphatic heterocycles. The molecule has 0 N–H and O–H groups in total. The molecular weight excluding hydrogens is 320 g/mol. The molecule has 1 aliphatic rings. The molecule has 1 saturated heterocycles. The maximum absolute atomic E-state index is 14.1. The number of ether oxygens (including phenoxy) is 2. The highest BCUT2D eigenvalue weighted by molar-refractivity contribution is 5.70. The molecule has 2 rings (SSSR count). The summed E-state index contributed by atoms with van der Waals surface area (Å²) in [6, 6.07) is 7.41. The summed E-state index contributed by atoms with van der Waals surface area (Å²) in [6.07, 6.45) is -1.09. The van der Waals surface area contributed by atoms with Crippen LogP contribution < -0.4 is 0 Å². The van der Waals surface area contributed by atoms with Crippen LogP contribution in [-0.2, 0) is 20.9 Å². The van der Waals surface area contributed by atoms with Gasteiger partial charge in [0.2, 0.25) is 0 Å². The topological polar surface area (TPSA) is 55.8 Å². The highest BCUT2D eigenvalue weighted by Crippen LogP contribution is 2.35. The number of esters is 1. The largest absolute Gasteiger partial charge is 0.469 e. The summed E-state index contributed by atoms with van der Waals surface area (Å²) in [7, 11) is 1.16. The van der Waals surface area contributed by atoms with Gasteiger partial charge in [0.15, 0.2) is 0 Å². The van der Waals surface area contributed by atoms with E-state index in [9.17, 15) is 18.4 Å². The smallest absolute Gasteiger partial charge is 0.410 e. The second kappa shape index (κ2) is 7.59. The van der Waals surface area contributed by atoms with Crippen LogP contribution in [0.25, 0.3) is 0 Å². The second-order valence-corrected chi connectivity index (χ2v) is 5.99. The fourth-order valence-electron chi connectivity index (χ4n) is 2.60. The molecule has 1 fully saturated rings. The molecule has 1 unspecified atom stereocenters. The van der Waals surface area contributed by atoms with Crippen LogP contribution in [0.2, 0.25) is 0 Å². The minimum absolute atomic E-state index is 0.0295. The van der Waals surface area contributed by atoms with Gasteiger partial charge >= 0.3 is 12.1 Å². The molecule has 0 bridgehead atoms. The number of halogens is 2. The number of benzene rings is 1. The maximum atomic E-state index is 14.1. The predicted octanol–water partition coefficient (Wildman–Crippen LogP) is 3.15. The van der Waals surface area contributed by atoms with Crippen molar-refractivity contribution in [1.29, 1.82) is 0 Å². The van der Waals surface area contributed by atoms with E-state index in [0.29, 0.717) is 0 Å². The van der Waals surface area contributed by atoms with Crippen LogP contribution in [0.4, 0.5) is 13.6 Å². The second-order valence-electron chi connectivity index (χ2n) is 5.99. The number of methoxy groups -OCH3 is 1. The van der Waals surface area contributed by atoms with Crippen molar-refractivity contribution in [1.82, 2.24) is 4.90 Å². The van der Waals surface area contributed by atoms with Gasteiger partial charge in [-0.2, -0.15) is 0 Å². The summed E-state index contributed by atoms with van der Waals surface area (Å²) in [5.41, 5.74) is 1.87. The molecule has 0 radical (unpaired) electrons. The molecule has 1 heterocycles. The van der Waals surface area contributed by atoms with E-state index in [4.69, 9.17) is 4.74 Å². The Labute approximate surface area is 139 Å². The summed E-state index contributed by atoms with van der Waals surface area (Å²) < 4.78 is 37.8. The lowest BCUT2D eigenvalue weighted by molar-refractivity contribution is -0.151. The van der Waals surface area contributed by atoms with Crippen molar-refractivity contribution in [2.24, 2.45) is 5.92 Å². The Balaban J connectivity index is 1.88. The fourth-order valence-corrected chi connectivity index (χ4v) is 2.60. The summed E-state index contributed by atoms with van der Waals surface area (Å²) in [5.74, 6) is -4.93. The Hall–Kier alpha value is -2.18. The Morgan fingerprint density at radius 1 is 1.29 bits per heavy atom. The molecule has 0 aromatic heterocycles. The van der Waals surface area contributed by atoms with Gasteiger partial charge in [0.05, 0.1) is 20.1 Å². The van der Waals surface area contributed by atoms with Gasteiger partial charge in [-0.1, -0.05) is 29.8 Å². The minimum Gasteiger partial charge on any atom is -0.469 e. The molecule has 7 heteroatoms. The van der Waals surface area contributed by atoms with Crippen LogP contribution in [-0.4, -0.2) is 43.1 Å². The van der Waals surface area contributed by atoms with Crippen molar-refractivity contribution >= 4 is 12.1 Å². The third-order valence-electron chi connectivity index (χ3n) is 4.13. The number of hydrogen-bond acceptors (Lipinski definition) is 4. The first-order valence-corrected chi connectivity index (χ1v) is 7.73. The van der Waals surface area contributed by atoms with E-state index in [0.717, 1.165) is 23.1 Å². The van der Waals surface area contributed by atoms with Gasteiger partial charge in [-0.05, 0) is 18.9 Å². The van der Waals surface area contributed by atoms with E-state index in [1.165, 1.54) is 0 Å². The zero-order valence-corrected chi connectivity index (χ0v) is 13.8. The molecule has 0 aliphatic carbocycles. The molecular formula is C17H21F2NO4. The number of aryl methyl sites for hydroxylation is 1.